The van der Waals surface area contributed by atoms with E-state index in [4.69, 9.17) is 27.9 Å². The van der Waals surface area contributed by atoms with Gasteiger partial charge in [-0.3, -0.25) is 9.59 Å². The highest BCUT2D eigenvalue weighted by Crippen LogP contribution is 2.23. The first-order valence-electron chi connectivity index (χ1n) is 6.95. The minimum absolute atomic E-state index is 0.113. The fraction of sp³-hybridized carbons (Fsp3) is 0.188. The Morgan fingerprint density at radius 1 is 1.29 bits per heavy atom. The molecule has 0 fully saturated rings. The van der Waals surface area contributed by atoms with Crippen LogP contribution in [0, 0.1) is 0 Å². The van der Waals surface area contributed by atoms with Gasteiger partial charge in [0.05, 0.1) is 15.8 Å². The fourth-order valence-electron chi connectivity index (χ4n) is 1.67. The van der Waals surface area contributed by atoms with Gasteiger partial charge in [0.25, 0.3) is 5.91 Å². The number of benzene rings is 1. The number of esters is 1. The number of nitrogens with one attached hydrogen (secondary N) is 1. The predicted octanol–water partition coefficient (Wildman–Crippen LogP) is 4.05. The highest BCUT2D eigenvalue weighted by atomic mass is 35.5. The van der Waals surface area contributed by atoms with E-state index in [1.807, 2.05) is 30.3 Å². The number of rotatable bonds is 6. The van der Waals surface area contributed by atoms with Crippen LogP contribution in [0.2, 0.25) is 10.0 Å². The number of anilines is 1. The number of ether oxygens (including phenoxy) is 1. The fourth-order valence-corrected chi connectivity index (χ4v) is 2.80. The molecule has 0 aliphatic heterocycles. The van der Waals surface area contributed by atoms with E-state index < -0.39 is 18.0 Å². The number of hydrogen-bond acceptors (Lipinski definition) is 5. The molecule has 0 unspecified atom stereocenters. The number of pyridine rings is 1. The normalized spacial score (nSPS) is 11.6. The van der Waals surface area contributed by atoms with E-state index in [2.05, 4.69) is 10.3 Å². The average molecular weight is 385 g/mol. The van der Waals surface area contributed by atoms with Crippen LogP contribution in [0.1, 0.15) is 6.92 Å². The Bertz CT molecular complexity index is 729. The first-order chi connectivity index (χ1) is 11.5. The van der Waals surface area contributed by atoms with Crippen LogP contribution in [0.15, 0.2) is 47.5 Å². The van der Waals surface area contributed by atoms with E-state index >= 15 is 0 Å². The van der Waals surface area contributed by atoms with Gasteiger partial charge in [-0.1, -0.05) is 41.4 Å². The first kappa shape index (κ1) is 18.6. The highest BCUT2D eigenvalue weighted by Gasteiger charge is 2.19. The SMILES string of the molecule is C[C@H](OC(=O)CSc1ccccc1)C(=O)Nc1ncc(Cl)cc1Cl. The second-order valence-electron chi connectivity index (χ2n) is 4.71. The summed E-state index contributed by atoms with van der Waals surface area (Å²) in [4.78, 5) is 28.7. The number of nitrogens with zero attached hydrogens (tertiary/aromatic N) is 1. The van der Waals surface area contributed by atoms with Gasteiger partial charge in [-0.2, -0.15) is 0 Å². The molecule has 0 saturated carbocycles. The van der Waals surface area contributed by atoms with Gasteiger partial charge >= 0.3 is 5.97 Å². The third-order valence-electron chi connectivity index (χ3n) is 2.83. The average Bonchev–Trinajstić information content (AvgIpc) is 2.56. The molecule has 0 spiro atoms. The molecule has 2 rings (SSSR count). The minimum Gasteiger partial charge on any atom is -0.452 e. The lowest BCUT2D eigenvalue weighted by molar-refractivity contribution is -0.150. The number of aromatic nitrogens is 1. The van der Waals surface area contributed by atoms with Crippen molar-refractivity contribution in [2.75, 3.05) is 11.1 Å². The molecule has 0 bridgehead atoms. The molecule has 126 valence electrons. The van der Waals surface area contributed by atoms with E-state index in [9.17, 15) is 9.59 Å². The molecule has 1 amide bonds. The zero-order valence-corrected chi connectivity index (χ0v) is 15.0. The Morgan fingerprint density at radius 2 is 2.00 bits per heavy atom. The second-order valence-corrected chi connectivity index (χ2v) is 6.60. The number of thioether (sulfide) groups is 1. The highest BCUT2D eigenvalue weighted by molar-refractivity contribution is 8.00. The Morgan fingerprint density at radius 3 is 2.67 bits per heavy atom. The lowest BCUT2D eigenvalue weighted by atomic mass is 10.3. The Labute approximate surface area is 153 Å². The smallest absolute Gasteiger partial charge is 0.317 e. The van der Waals surface area contributed by atoms with Gasteiger partial charge < -0.3 is 10.1 Å². The number of carbonyl (C=O) groups is 2. The van der Waals surface area contributed by atoms with Crippen molar-refractivity contribution in [3.63, 3.8) is 0 Å². The topological polar surface area (TPSA) is 68.3 Å². The maximum atomic E-state index is 12.0. The molecule has 1 aromatic carbocycles. The Hall–Kier alpha value is -1.76. The molecular formula is C16H14Cl2N2O3S. The van der Waals surface area contributed by atoms with Gasteiger partial charge in [-0.25, -0.2) is 4.98 Å². The standard InChI is InChI=1S/C16H14Cl2N2O3S/c1-10(16(22)20-15-13(18)7-11(17)8-19-15)23-14(21)9-24-12-5-3-2-4-6-12/h2-8,10H,9H2,1H3,(H,19,20,22)/t10-/m0/s1. The van der Waals surface area contributed by atoms with Crippen LogP contribution < -0.4 is 5.32 Å². The van der Waals surface area contributed by atoms with E-state index in [1.54, 1.807) is 0 Å². The molecule has 24 heavy (non-hydrogen) atoms. The molecule has 0 saturated heterocycles. The number of hydrogen-bond donors (Lipinski definition) is 1. The van der Waals surface area contributed by atoms with Crippen molar-refractivity contribution in [3.05, 3.63) is 52.6 Å². The minimum atomic E-state index is -0.970. The quantitative estimate of drug-likeness (QED) is 0.600. The van der Waals surface area contributed by atoms with Crippen molar-refractivity contribution in [2.24, 2.45) is 0 Å². The van der Waals surface area contributed by atoms with Crippen molar-refractivity contribution in [1.82, 2.24) is 4.98 Å². The van der Waals surface area contributed by atoms with Crippen molar-refractivity contribution in [3.8, 4) is 0 Å². The maximum absolute atomic E-state index is 12.0. The molecule has 5 nitrogen and oxygen atoms in total. The van der Waals surface area contributed by atoms with Gasteiger partial charge in [0, 0.05) is 11.1 Å². The van der Waals surface area contributed by atoms with Crippen LogP contribution >= 0.6 is 35.0 Å². The van der Waals surface area contributed by atoms with Gasteiger partial charge in [0.2, 0.25) is 0 Å². The number of halogens is 2. The molecule has 0 aliphatic rings. The van der Waals surface area contributed by atoms with Crippen LogP contribution in [0.4, 0.5) is 5.82 Å². The number of amides is 1. The van der Waals surface area contributed by atoms with E-state index in [-0.39, 0.29) is 16.6 Å². The van der Waals surface area contributed by atoms with Crippen LogP contribution in [-0.2, 0) is 14.3 Å². The van der Waals surface area contributed by atoms with Gasteiger partial charge in [0.15, 0.2) is 11.9 Å². The number of carbonyl (C=O) groups excluding carboxylic acids is 2. The van der Waals surface area contributed by atoms with E-state index in [0.29, 0.717) is 5.02 Å². The lowest BCUT2D eigenvalue weighted by Gasteiger charge is -2.13. The third kappa shape index (κ3) is 5.70. The van der Waals surface area contributed by atoms with Crippen LogP contribution in [0.25, 0.3) is 0 Å². The molecule has 1 N–H and O–H groups in total. The molecule has 2 aromatic rings. The van der Waals surface area contributed by atoms with Crippen molar-refractivity contribution in [1.29, 1.82) is 0 Å². The zero-order valence-electron chi connectivity index (χ0n) is 12.7. The summed E-state index contributed by atoms with van der Waals surface area (Å²) in [6, 6.07) is 10.9. The predicted molar refractivity (Wildman–Crippen MR) is 95.6 cm³/mol. The summed E-state index contributed by atoms with van der Waals surface area (Å²) < 4.78 is 5.10. The van der Waals surface area contributed by atoms with Crippen LogP contribution in [0.5, 0.6) is 0 Å². The van der Waals surface area contributed by atoms with E-state index in [0.717, 1.165) is 4.90 Å². The largest absolute Gasteiger partial charge is 0.452 e. The van der Waals surface area contributed by atoms with Crippen molar-refractivity contribution in [2.45, 2.75) is 17.9 Å². The van der Waals surface area contributed by atoms with Gasteiger partial charge in [-0.05, 0) is 25.1 Å². The molecule has 1 heterocycles. The first-order valence-corrected chi connectivity index (χ1v) is 8.69. The van der Waals surface area contributed by atoms with Crippen LogP contribution in [0.3, 0.4) is 0 Å². The summed E-state index contributed by atoms with van der Waals surface area (Å²) in [5.41, 5.74) is 0. The second kappa shape index (κ2) is 8.92. The molecule has 1 atom stereocenters. The summed E-state index contributed by atoms with van der Waals surface area (Å²) in [5.74, 6) is -0.735. The third-order valence-corrected chi connectivity index (χ3v) is 4.31. The van der Waals surface area contributed by atoms with E-state index in [1.165, 1.54) is 30.9 Å². The molecular weight excluding hydrogens is 371 g/mol. The maximum Gasteiger partial charge on any atom is 0.317 e. The Kier molecular flexibility index (Phi) is 6.90. The summed E-state index contributed by atoms with van der Waals surface area (Å²) in [6.45, 7) is 1.48. The summed E-state index contributed by atoms with van der Waals surface area (Å²) in [5, 5.41) is 3.05. The molecule has 1 aromatic heterocycles. The lowest BCUT2D eigenvalue weighted by Crippen LogP contribution is -2.30. The summed E-state index contributed by atoms with van der Waals surface area (Å²) in [7, 11) is 0. The monoisotopic (exact) mass is 384 g/mol. The van der Waals surface area contributed by atoms with Crippen LogP contribution in [-0.4, -0.2) is 28.7 Å². The molecule has 0 radical (unpaired) electrons. The Balaban J connectivity index is 1.83. The van der Waals surface area contributed by atoms with Gasteiger partial charge in [0.1, 0.15) is 0 Å². The zero-order chi connectivity index (χ0) is 17.5. The van der Waals surface area contributed by atoms with Crippen molar-refractivity contribution < 1.29 is 14.3 Å². The van der Waals surface area contributed by atoms with Gasteiger partial charge in [-0.15, -0.1) is 11.8 Å². The summed E-state index contributed by atoms with van der Waals surface area (Å²) >= 11 is 13.0. The van der Waals surface area contributed by atoms with Crippen molar-refractivity contribution >= 4 is 52.7 Å². The molecule has 8 heteroatoms. The molecule has 0 aliphatic carbocycles. The summed E-state index contributed by atoms with van der Waals surface area (Å²) in [6.07, 6.45) is 0.387.